The van der Waals surface area contributed by atoms with E-state index in [-0.39, 0.29) is 12.2 Å². The summed E-state index contributed by atoms with van der Waals surface area (Å²) in [5.74, 6) is -0.369. The zero-order chi connectivity index (χ0) is 14.0. The summed E-state index contributed by atoms with van der Waals surface area (Å²) in [6, 6.07) is 4.31. The first kappa shape index (κ1) is 14.1. The van der Waals surface area contributed by atoms with Gasteiger partial charge in [-0.2, -0.15) is 0 Å². The second kappa shape index (κ2) is 5.74. The van der Waals surface area contributed by atoms with Crippen molar-refractivity contribution >= 4 is 40.8 Å². The van der Waals surface area contributed by atoms with Crippen LogP contribution in [0, 0.1) is 0 Å². The van der Waals surface area contributed by atoms with Gasteiger partial charge in [-0.1, -0.05) is 34.8 Å². The lowest BCUT2D eigenvalue weighted by Crippen LogP contribution is -1.96. The molecule has 0 unspecified atom stereocenters. The van der Waals surface area contributed by atoms with Crippen molar-refractivity contribution < 1.29 is 19.1 Å². The third-order valence-corrected chi connectivity index (χ3v) is 3.26. The normalized spacial score (nSPS) is 10.5. The fourth-order valence-electron chi connectivity index (χ4n) is 1.33. The van der Waals surface area contributed by atoms with Crippen LogP contribution in [0.2, 0.25) is 15.1 Å². The highest BCUT2D eigenvalue weighted by atomic mass is 35.5. The minimum atomic E-state index is -1.07. The molecule has 1 aromatic carbocycles. The van der Waals surface area contributed by atoms with E-state index in [9.17, 15) is 4.79 Å². The van der Waals surface area contributed by atoms with Gasteiger partial charge in [0.2, 0.25) is 0 Å². The molecule has 1 heterocycles. The summed E-state index contributed by atoms with van der Waals surface area (Å²) in [7, 11) is 0. The Bertz CT molecular complexity index is 621. The molecule has 0 bridgehead atoms. The molecular weight excluding hydrogens is 314 g/mol. The smallest absolute Gasteiger partial charge is 0.338 e. The van der Waals surface area contributed by atoms with Crippen LogP contribution in [0.15, 0.2) is 28.9 Å². The number of aromatic carboxylic acids is 1. The Balaban J connectivity index is 2.09. The topological polar surface area (TPSA) is 59.7 Å². The molecule has 0 saturated carbocycles. The molecule has 19 heavy (non-hydrogen) atoms. The van der Waals surface area contributed by atoms with Crippen LogP contribution in [0.4, 0.5) is 0 Å². The van der Waals surface area contributed by atoms with Crippen LogP contribution in [0.25, 0.3) is 0 Å². The maximum absolute atomic E-state index is 10.7. The number of furan rings is 1. The Kier molecular flexibility index (Phi) is 4.24. The summed E-state index contributed by atoms with van der Waals surface area (Å²) in [6.45, 7) is 0.0327. The Labute approximate surface area is 123 Å². The molecule has 0 aliphatic carbocycles. The molecule has 1 aromatic heterocycles. The number of hydrogen-bond acceptors (Lipinski definition) is 3. The van der Waals surface area contributed by atoms with E-state index in [1.165, 1.54) is 18.2 Å². The van der Waals surface area contributed by atoms with E-state index in [4.69, 9.17) is 49.1 Å². The highest BCUT2D eigenvalue weighted by molar-refractivity contribution is 6.43. The molecule has 4 nitrogen and oxygen atoms in total. The number of carboxylic acids is 1. The van der Waals surface area contributed by atoms with Gasteiger partial charge in [0, 0.05) is 6.07 Å². The monoisotopic (exact) mass is 320 g/mol. The van der Waals surface area contributed by atoms with E-state index < -0.39 is 5.97 Å². The number of hydrogen-bond donors (Lipinski definition) is 1. The van der Waals surface area contributed by atoms with E-state index in [1.807, 2.05) is 0 Å². The third-order valence-electron chi connectivity index (χ3n) is 2.25. The Morgan fingerprint density at radius 1 is 1.16 bits per heavy atom. The maximum Gasteiger partial charge on any atom is 0.338 e. The number of ether oxygens (including phenoxy) is 1. The van der Waals surface area contributed by atoms with Crippen molar-refractivity contribution in [3.05, 3.63) is 50.9 Å². The first-order chi connectivity index (χ1) is 8.97. The molecule has 2 rings (SSSR count). The van der Waals surface area contributed by atoms with E-state index in [0.29, 0.717) is 26.6 Å². The lowest BCUT2D eigenvalue weighted by atomic mass is 10.3. The van der Waals surface area contributed by atoms with E-state index in [0.717, 1.165) is 6.26 Å². The number of rotatable bonds is 4. The van der Waals surface area contributed by atoms with Crippen molar-refractivity contribution in [1.29, 1.82) is 0 Å². The van der Waals surface area contributed by atoms with Crippen molar-refractivity contribution in [3.8, 4) is 5.75 Å². The summed E-state index contributed by atoms with van der Waals surface area (Å²) in [6.07, 6.45) is 1.14. The zero-order valence-electron chi connectivity index (χ0n) is 9.32. The van der Waals surface area contributed by atoms with Crippen LogP contribution in [-0.4, -0.2) is 11.1 Å². The SMILES string of the molecule is O=C(O)c1coc(COc2cc(Cl)c(Cl)cc2Cl)c1. The molecule has 0 spiro atoms. The van der Waals surface area contributed by atoms with Gasteiger partial charge < -0.3 is 14.3 Å². The average molecular weight is 322 g/mol. The molecule has 7 heteroatoms. The molecule has 0 amide bonds. The molecule has 0 aliphatic heterocycles. The first-order valence-corrected chi connectivity index (χ1v) is 6.19. The minimum Gasteiger partial charge on any atom is -0.484 e. The molecular formula is C12H7Cl3O4. The van der Waals surface area contributed by atoms with Crippen LogP contribution < -0.4 is 4.74 Å². The number of halogens is 3. The molecule has 0 atom stereocenters. The van der Waals surface area contributed by atoms with Gasteiger partial charge in [0.25, 0.3) is 0 Å². The van der Waals surface area contributed by atoms with Crippen LogP contribution in [0.1, 0.15) is 16.1 Å². The van der Waals surface area contributed by atoms with Crippen LogP contribution in [0.5, 0.6) is 5.75 Å². The van der Waals surface area contributed by atoms with Gasteiger partial charge in [0.05, 0.1) is 20.6 Å². The molecule has 1 N–H and O–H groups in total. The molecule has 0 saturated heterocycles. The largest absolute Gasteiger partial charge is 0.484 e. The predicted molar refractivity (Wildman–Crippen MR) is 71.5 cm³/mol. The quantitative estimate of drug-likeness (QED) is 0.841. The summed E-state index contributed by atoms with van der Waals surface area (Å²) in [5.41, 5.74) is 0.0545. The van der Waals surface area contributed by atoms with E-state index in [1.54, 1.807) is 0 Å². The van der Waals surface area contributed by atoms with Crippen molar-refractivity contribution in [2.24, 2.45) is 0 Å². The van der Waals surface area contributed by atoms with E-state index in [2.05, 4.69) is 0 Å². The highest BCUT2D eigenvalue weighted by Gasteiger charge is 2.11. The highest BCUT2D eigenvalue weighted by Crippen LogP contribution is 2.34. The number of benzene rings is 1. The molecule has 0 fully saturated rings. The fourth-order valence-corrected chi connectivity index (χ4v) is 1.92. The van der Waals surface area contributed by atoms with Gasteiger partial charge in [0.1, 0.15) is 24.4 Å². The van der Waals surface area contributed by atoms with Gasteiger partial charge in [-0.05, 0) is 12.1 Å². The summed E-state index contributed by atoms with van der Waals surface area (Å²) in [5, 5.41) is 9.68. The average Bonchev–Trinajstić information content (AvgIpc) is 2.81. The Morgan fingerprint density at radius 2 is 1.84 bits per heavy atom. The molecule has 100 valence electrons. The number of carboxylic acid groups (broad SMARTS) is 1. The Hall–Kier alpha value is -1.36. The van der Waals surface area contributed by atoms with Crippen LogP contribution in [0.3, 0.4) is 0 Å². The maximum atomic E-state index is 10.7. The van der Waals surface area contributed by atoms with E-state index >= 15 is 0 Å². The summed E-state index contributed by atoms with van der Waals surface area (Å²) < 4.78 is 10.4. The molecule has 0 aliphatic rings. The second-order valence-corrected chi connectivity index (χ2v) is 4.81. The van der Waals surface area contributed by atoms with Gasteiger partial charge in [-0.3, -0.25) is 0 Å². The second-order valence-electron chi connectivity index (χ2n) is 3.59. The van der Waals surface area contributed by atoms with Gasteiger partial charge in [-0.15, -0.1) is 0 Å². The molecule has 2 aromatic rings. The molecule has 0 radical (unpaired) electrons. The minimum absolute atomic E-state index is 0.0327. The summed E-state index contributed by atoms with van der Waals surface area (Å²) >= 11 is 17.6. The van der Waals surface area contributed by atoms with Crippen molar-refractivity contribution in [2.75, 3.05) is 0 Å². The van der Waals surface area contributed by atoms with Crippen molar-refractivity contribution in [1.82, 2.24) is 0 Å². The summed E-state index contributed by atoms with van der Waals surface area (Å²) in [4.78, 5) is 10.7. The zero-order valence-corrected chi connectivity index (χ0v) is 11.6. The van der Waals surface area contributed by atoms with Gasteiger partial charge in [-0.25, -0.2) is 4.79 Å². The third kappa shape index (κ3) is 3.35. The lowest BCUT2D eigenvalue weighted by molar-refractivity contribution is 0.0696. The van der Waals surface area contributed by atoms with Crippen LogP contribution >= 0.6 is 34.8 Å². The van der Waals surface area contributed by atoms with Crippen molar-refractivity contribution in [2.45, 2.75) is 6.61 Å². The lowest BCUT2D eigenvalue weighted by Gasteiger charge is -2.07. The van der Waals surface area contributed by atoms with Gasteiger partial charge in [0.15, 0.2) is 0 Å². The predicted octanol–water partition coefficient (Wildman–Crippen LogP) is 4.52. The Morgan fingerprint density at radius 3 is 2.47 bits per heavy atom. The van der Waals surface area contributed by atoms with Crippen molar-refractivity contribution in [3.63, 3.8) is 0 Å². The standard InChI is InChI=1S/C12H7Cl3O4/c13-8-2-10(15)11(3-9(8)14)19-5-7-1-6(4-18-7)12(16)17/h1-4H,5H2,(H,16,17). The fraction of sp³-hybridized carbons (Fsp3) is 0.0833. The van der Waals surface area contributed by atoms with Gasteiger partial charge >= 0.3 is 5.97 Å². The number of carbonyl (C=O) groups is 1. The first-order valence-electron chi connectivity index (χ1n) is 5.05. The van der Waals surface area contributed by atoms with Crippen LogP contribution in [-0.2, 0) is 6.61 Å².